The third-order valence-corrected chi connectivity index (χ3v) is 3.93. The minimum absolute atomic E-state index is 0.563. The molecule has 0 bridgehead atoms. The van der Waals surface area contributed by atoms with Crippen LogP contribution in [-0.2, 0) is 6.42 Å². The van der Waals surface area contributed by atoms with Gasteiger partial charge in [0.05, 0.1) is 7.11 Å². The van der Waals surface area contributed by atoms with Crippen LogP contribution in [0.25, 0.3) is 0 Å². The second kappa shape index (κ2) is 7.02. The number of ether oxygens (including phenoxy) is 1. The molecule has 1 atom stereocenters. The number of halogens is 1. The van der Waals surface area contributed by atoms with Gasteiger partial charge in [0.15, 0.2) is 0 Å². The molecular weight excluding hydrogens is 278 g/mol. The van der Waals surface area contributed by atoms with Crippen molar-refractivity contribution in [2.75, 3.05) is 14.2 Å². The minimum atomic E-state index is 0.563. The molecule has 0 heterocycles. The van der Waals surface area contributed by atoms with Gasteiger partial charge in [-0.3, -0.25) is 0 Å². The van der Waals surface area contributed by atoms with Crippen LogP contribution in [0.2, 0.25) is 0 Å². The molecule has 0 aromatic heterocycles. The van der Waals surface area contributed by atoms with Gasteiger partial charge in [0.1, 0.15) is 5.75 Å². The van der Waals surface area contributed by atoms with Crippen LogP contribution in [0.15, 0.2) is 22.7 Å². The van der Waals surface area contributed by atoms with Crippen molar-refractivity contribution in [1.29, 1.82) is 0 Å². The van der Waals surface area contributed by atoms with Crippen molar-refractivity contribution in [1.82, 2.24) is 5.32 Å². The lowest BCUT2D eigenvalue weighted by atomic mass is 9.97. The van der Waals surface area contributed by atoms with Gasteiger partial charge in [0, 0.05) is 10.5 Å². The second-order valence-corrected chi connectivity index (χ2v) is 5.49. The maximum Gasteiger partial charge on any atom is 0.119 e. The third kappa shape index (κ3) is 4.32. The zero-order chi connectivity index (χ0) is 12.8. The van der Waals surface area contributed by atoms with Gasteiger partial charge in [-0.25, -0.2) is 0 Å². The molecular formula is C14H22BrNO. The number of benzene rings is 1. The summed E-state index contributed by atoms with van der Waals surface area (Å²) in [4.78, 5) is 0. The van der Waals surface area contributed by atoms with Crippen LogP contribution < -0.4 is 10.1 Å². The Hall–Kier alpha value is -0.540. The number of aryl methyl sites for hydroxylation is 1. The lowest BCUT2D eigenvalue weighted by Gasteiger charge is -2.20. The molecule has 0 saturated carbocycles. The molecule has 0 aliphatic rings. The third-order valence-electron chi connectivity index (χ3n) is 3.15. The first kappa shape index (κ1) is 14.5. The first-order valence-corrected chi connectivity index (χ1v) is 6.87. The van der Waals surface area contributed by atoms with Gasteiger partial charge in [-0.05, 0) is 49.6 Å². The average Bonchev–Trinajstić information content (AvgIpc) is 2.31. The highest BCUT2D eigenvalue weighted by molar-refractivity contribution is 9.10. The normalized spacial score (nSPS) is 12.8. The van der Waals surface area contributed by atoms with Crippen LogP contribution in [0, 0.1) is 5.92 Å². The molecule has 1 aromatic rings. The molecule has 2 nitrogen and oxygen atoms in total. The van der Waals surface area contributed by atoms with Crippen molar-refractivity contribution in [3.63, 3.8) is 0 Å². The Morgan fingerprint density at radius 1 is 1.35 bits per heavy atom. The first-order valence-electron chi connectivity index (χ1n) is 6.08. The highest BCUT2D eigenvalue weighted by Gasteiger charge is 2.11. The van der Waals surface area contributed by atoms with E-state index in [1.54, 1.807) is 7.11 Å². The second-order valence-electron chi connectivity index (χ2n) is 4.64. The summed E-state index contributed by atoms with van der Waals surface area (Å²) in [5, 5.41) is 3.37. The Labute approximate surface area is 113 Å². The van der Waals surface area contributed by atoms with E-state index in [2.05, 4.69) is 47.2 Å². The molecule has 1 rings (SSSR count). The average molecular weight is 300 g/mol. The fraction of sp³-hybridized carbons (Fsp3) is 0.571. The van der Waals surface area contributed by atoms with Crippen molar-refractivity contribution in [2.45, 2.75) is 32.7 Å². The number of methoxy groups -OCH3 is 1. The maximum atomic E-state index is 5.25. The number of rotatable bonds is 6. The molecule has 17 heavy (non-hydrogen) atoms. The summed E-state index contributed by atoms with van der Waals surface area (Å²) in [5.41, 5.74) is 1.31. The molecule has 0 radical (unpaired) electrons. The van der Waals surface area contributed by atoms with E-state index in [1.807, 2.05) is 13.1 Å². The minimum Gasteiger partial charge on any atom is -0.497 e. The molecule has 0 saturated heterocycles. The van der Waals surface area contributed by atoms with Crippen LogP contribution >= 0.6 is 15.9 Å². The van der Waals surface area contributed by atoms with Crippen LogP contribution in [0.1, 0.15) is 25.8 Å². The van der Waals surface area contributed by atoms with E-state index < -0.39 is 0 Å². The van der Waals surface area contributed by atoms with E-state index in [0.717, 1.165) is 23.1 Å². The van der Waals surface area contributed by atoms with Crippen molar-refractivity contribution >= 4 is 15.9 Å². The SMILES string of the molecule is CNC(CCc1cc(OC)ccc1Br)C(C)C. The fourth-order valence-corrected chi connectivity index (χ4v) is 2.44. The number of hydrogen-bond donors (Lipinski definition) is 1. The summed E-state index contributed by atoms with van der Waals surface area (Å²) >= 11 is 3.59. The molecule has 0 fully saturated rings. The quantitative estimate of drug-likeness (QED) is 0.866. The van der Waals surface area contributed by atoms with Gasteiger partial charge in [-0.2, -0.15) is 0 Å². The summed E-state index contributed by atoms with van der Waals surface area (Å²) in [6, 6.07) is 6.70. The molecule has 3 heteroatoms. The van der Waals surface area contributed by atoms with Gasteiger partial charge < -0.3 is 10.1 Å². The predicted octanol–water partition coefficient (Wildman–Crippen LogP) is 3.63. The van der Waals surface area contributed by atoms with Crippen molar-refractivity contribution in [3.8, 4) is 5.75 Å². The highest BCUT2D eigenvalue weighted by atomic mass is 79.9. The van der Waals surface area contributed by atoms with Gasteiger partial charge in [-0.15, -0.1) is 0 Å². The molecule has 96 valence electrons. The summed E-state index contributed by atoms with van der Waals surface area (Å²) in [6.07, 6.45) is 2.20. The molecule has 1 N–H and O–H groups in total. The molecule has 0 aliphatic carbocycles. The van der Waals surface area contributed by atoms with Gasteiger partial charge in [0.2, 0.25) is 0 Å². The van der Waals surface area contributed by atoms with Gasteiger partial charge in [0.25, 0.3) is 0 Å². The van der Waals surface area contributed by atoms with Crippen LogP contribution in [-0.4, -0.2) is 20.2 Å². The lowest BCUT2D eigenvalue weighted by Crippen LogP contribution is -2.31. The molecule has 1 unspecified atom stereocenters. The summed E-state index contributed by atoms with van der Waals surface area (Å²) in [6.45, 7) is 4.50. The Kier molecular flexibility index (Phi) is 6.00. The van der Waals surface area contributed by atoms with Crippen LogP contribution in [0.4, 0.5) is 0 Å². The summed E-state index contributed by atoms with van der Waals surface area (Å²) in [5.74, 6) is 1.58. The zero-order valence-electron chi connectivity index (χ0n) is 11.1. The number of hydrogen-bond acceptors (Lipinski definition) is 2. The topological polar surface area (TPSA) is 21.3 Å². The Balaban J connectivity index is 2.67. The maximum absolute atomic E-state index is 5.25. The van der Waals surface area contributed by atoms with Gasteiger partial charge >= 0.3 is 0 Å². The van der Waals surface area contributed by atoms with Crippen molar-refractivity contribution < 1.29 is 4.74 Å². The van der Waals surface area contributed by atoms with E-state index in [9.17, 15) is 0 Å². The van der Waals surface area contributed by atoms with Crippen LogP contribution in [0.3, 0.4) is 0 Å². The van der Waals surface area contributed by atoms with E-state index in [4.69, 9.17) is 4.74 Å². The fourth-order valence-electron chi connectivity index (χ4n) is 1.99. The monoisotopic (exact) mass is 299 g/mol. The van der Waals surface area contributed by atoms with Crippen molar-refractivity contribution in [3.05, 3.63) is 28.2 Å². The smallest absolute Gasteiger partial charge is 0.119 e. The van der Waals surface area contributed by atoms with E-state index >= 15 is 0 Å². The summed E-state index contributed by atoms with van der Waals surface area (Å²) in [7, 11) is 3.74. The molecule has 0 aliphatic heterocycles. The number of nitrogens with one attached hydrogen (secondary N) is 1. The van der Waals surface area contributed by atoms with Gasteiger partial charge in [-0.1, -0.05) is 29.8 Å². The Bertz CT molecular complexity index is 352. The Morgan fingerprint density at radius 3 is 2.59 bits per heavy atom. The van der Waals surface area contributed by atoms with E-state index in [1.165, 1.54) is 5.56 Å². The lowest BCUT2D eigenvalue weighted by molar-refractivity contribution is 0.400. The first-order chi connectivity index (χ1) is 8.08. The standard InChI is InChI=1S/C14H22BrNO/c1-10(2)14(16-3)8-5-11-9-12(17-4)6-7-13(11)15/h6-7,9-10,14,16H,5,8H2,1-4H3. The summed E-state index contributed by atoms with van der Waals surface area (Å²) < 4.78 is 6.42. The Morgan fingerprint density at radius 2 is 2.06 bits per heavy atom. The van der Waals surface area contributed by atoms with Crippen LogP contribution in [0.5, 0.6) is 5.75 Å². The van der Waals surface area contributed by atoms with E-state index in [0.29, 0.717) is 12.0 Å². The predicted molar refractivity (Wildman–Crippen MR) is 76.7 cm³/mol. The van der Waals surface area contributed by atoms with E-state index in [-0.39, 0.29) is 0 Å². The highest BCUT2D eigenvalue weighted by Crippen LogP contribution is 2.24. The molecule has 0 amide bonds. The molecule has 0 spiro atoms. The largest absolute Gasteiger partial charge is 0.497 e. The van der Waals surface area contributed by atoms with Crippen molar-refractivity contribution in [2.24, 2.45) is 5.92 Å². The zero-order valence-corrected chi connectivity index (χ0v) is 12.7. The molecule has 1 aromatic carbocycles.